The molecule has 0 atom stereocenters. The molecule has 0 saturated heterocycles. The molecule has 0 bridgehead atoms. The van der Waals surface area contributed by atoms with Crippen LogP contribution in [0.4, 0.5) is 0 Å². The van der Waals surface area contributed by atoms with Crippen molar-refractivity contribution in [1.29, 1.82) is 0 Å². The summed E-state index contributed by atoms with van der Waals surface area (Å²) in [5.41, 5.74) is 1.20. The molecule has 0 aromatic heterocycles. The molecule has 0 aliphatic carbocycles. The van der Waals surface area contributed by atoms with Gasteiger partial charge in [-0.3, -0.25) is 0 Å². The van der Waals surface area contributed by atoms with Crippen LogP contribution in [0.1, 0.15) is 12.5 Å². The zero-order chi connectivity index (χ0) is 10.4. The van der Waals surface area contributed by atoms with E-state index in [0.29, 0.717) is 0 Å². The second-order valence-corrected chi connectivity index (χ2v) is 2.97. The van der Waals surface area contributed by atoms with E-state index < -0.39 is 0 Å². The monoisotopic (exact) mass is 195 g/mol. The topological polar surface area (TPSA) is 30.5 Å². The zero-order valence-electron chi connectivity index (χ0n) is 8.96. The van der Waals surface area contributed by atoms with Crippen LogP contribution < -0.4 is 14.8 Å². The molecule has 1 aromatic carbocycles. The molecule has 0 aliphatic rings. The van der Waals surface area contributed by atoms with Gasteiger partial charge in [0.2, 0.25) is 0 Å². The molecule has 0 aliphatic heterocycles. The van der Waals surface area contributed by atoms with Crippen LogP contribution in [-0.4, -0.2) is 20.8 Å². The highest BCUT2D eigenvalue weighted by molar-refractivity contribution is 5.42. The molecule has 0 saturated carbocycles. The first-order valence-electron chi connectivity index (χ1n) is 4.73. The third-order valence-corrected chi connectivity index (χ3v) is 2.03. The van der Waals surface area contributed by atoms with Crippen LogP contribution in [-0.2, 0) is 6.54 Å². The highest BCUT2D eigenvalue weighted by Gasteiger charge is 2.03. The van der Waals surface area contributed by atoms with Crippen molar-refractivity contribution in [3.05, 3.63) is 23.8 Å². The van der Waals surface area contributed by atoms with E-state index in [0.717, 1.165) is 24.6 Å². The summed E-state index contributed by atoms with van der Waals surface area (Å²) >= 11 is 0. The predicted molar refractivity (Wildman–Crippen MR) is 56.9 cm³/mol. The van der Waals surface area contributed by atoms with Gasteiger partial charge in [0, 0.05) is 6.54 Å². The number of ether oxygens (including phenoxy) is 2. The number of methoxy groups -OCH3 is 2. The Kier molecular flexibility index (Phi) is 4.26. The van der Waals surface area contributed by atoms with Gasteiger partial charge in [0.15, 0.2) is 11.5 Å². The average Bonchev–Trinajstić information content (AvgIpc) is 2.25. The fourth-order valence-electron chi connectivity index (χ4n) is 1.26. The normalized spacial score (nSPS) is 9.93. The lowest BCUT2D eigenvalue weighted by Gasteiger charge is -2.09. The van der Waals surface area contributed by atoms with Crippen molar-refractivity contribution in [1.82, 2.24) is 5.32 Å². The van der Waals surface area contributed by atoms with Gasteiger partial charge in [-0.25, -0.2) is 0 Å². The highest BCUT2D eigenvalue weighted by atomic mass is 16.5. The summed E-state index contributed by atoms with van der Waals surface area (Å²) in [5.74, 6) is 1.55. The Labute approximate surface area is 85.0 Å². The zero-order valence-corrected chi connectivity index (χ0v) is 8.96. The molecule has 78 valence electrons. The van der Waals surface area contributed by atoms with E-state index >= 15 is 0 Å². The third kappa shape index (κ3) is 2.64. The van der Waals surface area contributed by atoms with Crippen molar-refractivity contribution in [2.75, 3.05) is 20.8 Å². The SMILES string of the molecule is CCNCc1ccc(OC)c(OC)c1. The Balaban J connectivity index is 2.79. The molecule has 1 rings (SSSR count). The number of benzene rings is 1. The number of hydrogen-bond donors (Lipinski definition) is 1. The maximum Gasteiger partial charge on any atom is 0.161 e. The van der Waals surface area contributed by atoms with Gasteiger partial charge in [0.1, 0.15) is 0 Å². The number of rotatable bonds is 5. The highest BCUT2D eigenvalue weighted by Crippen LogP contribution is 2.27. The lowest BCUT2D eigenvalue weighted by Crippen LogP contribution is -2.11. The van der Waals surface area contributed by atoms with E-state index in [9.17, 15) is 0 Å². The van der Waals surface area contributed by atoms with Crippen molar-refractivity contribution < 1.29 is 9.47 Å². The van der Waals surface area contributed by atoms with Crippen LogP contribution >= 0.6 is 0 Å². The first kappa shape index (κ1) is 10.9. The fraction of sp³-hybridized carbons (Fsp3) is 0.455. The Bertz CT molecular complexity index is 287. The molecule has 0 fully saturated rings. The Morgan fingerprint density at radius 2 is 1.86 bits per heavy atom. The first-order valence-corrected chi connectivity index (χ1v) is 4.73. The molecular formula is C11H17NO2. The van der Waals surface area contributed by atoms with E-state index in [1.165, 1.54) is 5.56 Å². The Morgan fingerprint density at radius 3 is 2.43 bits per heavy atom. The second kappa shape index (κ2) is 5.50. The van der Waals surface area contributed by atoms with Crippen LogP contribution in [0.25, 0.3) is 0 Å². The first-order chi connectivity index (χ1) is 6.81. The summed E-state index contributed by atoms with van der Waals surface area (Å²) in [5, 5.41) is 3.26. The summed E-state index contributed by atoms with van der Waals surface area (Å²) in [6, 6.07) is 5.94. The second-order valence-electron chi connectivity index (χ2n) is 2.97. The quantitative estimate of drug-likeness (QED) is 0.777. The molecule has 14 heavy (non-hydrogen) atoms. The molecule has 0 radical (unpaired) electrons. The minimum atomic E-state index is 0.771. The lowest BCUT2D eigenvalue weighted by atomic mass is 10.2. The predicted octanol–water partition coefficient (Wildman–Crippen LogP) is 1.81. The van der Waals surface area contributed by atoms with E-state index in [1.54, 1.807) is 14.2 Å². The van der Waals surface area contributed by atoms with Crippen molar-refractivity contribution in [2.24, 2.45) is 0 Å². The van der Waals surface area contributed by atoms with Gasteiger partial charge < -0.3 is 14.8 Å². The maximum absolute atomic E-state index is 5.20. The van der Waals surface area contributed by atoms with Gasteiger partial charge >= 0.3 is 0 Å². The van der Waals surface area contributed by atoms with Crippen molar-refractivity contribution in [2.45, 2.75) is 13.5 Å². The summed E-state index contributed by atoms with van der Waals surface area (Å²) in [4.78, 5) is 0. The molecular weight excluding hydrogens is 178 g/mol. The summed E-state index contributed by atoms with van der Waals surface area (Å²) in [6.45, 7) is 3.91. The van der Waals surface area contributed by atoms with E-state index in [2.05, 4.69) is 12.2 Å². The summed E-state index contributed by atoms with van der Waals surface area (Å²) in [6.07, 6.45) is 0. The largest absolute Gasteiger partial charge is 0.493 e. The van der Waals surface area contributed by atoms with Crippen LogP contribution in [0, 0.1) is 0 Å². The summed E-state index contributed by atoms with van der Waals surface area (Å²) < 4.78 is 10.4. The molecule has 3 heteroatoms. The van der Waals surface area contributed by atoms with E-state index in [1.807, 2.05) is 18.2 Å². The molecule has 3 nitrogen and oxygen atoms in total. The fourth-order valence-corrected chi connectivity index (χ4v) is 1.26. The minimum absolute atomic E-state index is 0.771. The molecule has 0 amide bonds. The van der Waals surface area contributed by atoms with Crippen LogP contribution in [0.15, 0.2) is 18.2 Å². The lowest BCUT2D eigenvalue weighted by molar-refractivity contribution is 0.354. The van der Waals surface area contributed by atoms with E-state index in [4.69, 9.17) is 9.47 Å². The Hall–Kier alpha value is -1.22. The van der Waals surface area contributed by atoms with Crippen molar-refractivity contribution in [3.8, 4) is 11.5 Å². The maximum atomic E-state index is 5.20. The molecule has 1 N–H and O–H groups in total. The van der Waals surface area contributed by atoms with Gasteiger partial charge in [0.25, 0.3) is 0 Å². The van der Waals surface area contributed by atoms with Crippen molar-refractivity contribution >= 4 is 0 Å². The molecule has 0 spiro atoms. The standard InChI is InChI=1S/C11H17NO2/c1-4-12-8-9-5-6-10(13-2)11(7-9)14-3/h5-7,12H,4,8H2,1-3H3. The third-order valence-electron chi connectivity index (χ3n) is 2.03. The van der Waals surface area contributed by atoms with Gasteiger partial charge in [-0.15, -0.1) is 0 Å². The number of hydrogen-bond acceptors (Lipinski definition) is 3. The van der Waals surface area contributed by atoms with Crippen LogP contribution in [0.5, 0.6) is 11.5 Å². The average molecular weight is 195 g/mol. The van der Waals surface area contributed by atoms with Gasteiger partial charge in [-0.05, 0) is 24.2 Å². The molecule has 1 aromatic rings. The molecule has 0 heterocycles. The smallest absolute Gasteiger partial charge is 0.161 e. The molecule has 0 unspecified atom stereocenters. The van der Waals surface area contributed by atoms with Gasteiger partial charge in [-0.2, -0.15) is 0 Å². The van der Waals surface area contributed by atoms with Gasteiger partial charge in [0.05, 0.1) is 14.2 Å². The van der Waals surface area contributed by atoms with E-state index in [-0.39, 0.29) is 0 Å². The summed E-state index contributed by atoms with van der Waals surface area (Å²) in [7, 11) is 3.29. The van der Waals surface area contributed by atoms with Crippen molar-refractivity contribution in [3.63, 3.8) is 0 Å². The number of nitrogens with one attached hydrogen (secondary N) is 1. The Morgan fingerprint density at radius 1 is 1.14 bits per heavy atom. The van der Waals surface area contributed by atoms with Crippen LogP contribution in [0.2, 0.25) is 0 Å². The van der Waals surface area contributed by atoms with Crippen LogP contribution in [0.3, 0.4) is 0 Å². The van der Waals surface area contributed by atoms with Gasteiger partial charge in [-0.1, -0.05) is 13.0 Å². The minimum Gasteiger partial charge on any atom is -0.493 e.